The van der Waals surface area contributed by atoms with Crippen LogP contribution in [0.1, 0.15) is 51.1 Å². The van der Waals surface area contributed by atoms with E-state index in [-0.39, 0.29) is 0 Å². The van der Waals surface area contributed by atoms with Crippen LogP contribution in [0.2, 0.25) is 0 Å². The molecule has 1 aromatic carbocycles. The van der Waals surface area contributed by atoms with Crippen molar-refractivity contribution in [1.82, 2.24) is 5.32 Å². The lowest BCUT2D eigenvalue weighted by atomic mass is 10.1. The van der Waals surface area contributed by atoms with Gasteiger partial charge in [0.05, 0.1) is 6.10 Å². The van der Waals surface area contributed by atoms with Gasteiger partial charge in [-0.05, 0) is 56.8 Å². The lowest BCUT2D eigenvalue weighted by molar-refractivity contribution is 0.209. The van der Waals surface area contributed by atoms with Crippen LogP contribution in [-0.4, -0.2) is 12.6 Å². The molecule has 1 fully saturated rings. The third-order valence-electron chi connectivity index (χ3n) is 3.47. The van der Waals surface area contributed by atoms with Crippen LogP contribution in [-0.2, 0) is 0 Å². The Bertz CT molecular complexity index is 345. The Kier molecular flexibility index (Phi) is 4.43. The Hall–Kier alpha value is -1.02. The molecule has 1 aliphatic carbocycles. The Morgan fingerprint density at radius 1 is 1.35 bits per heavy atom. The Labute approximate surface area is 104 Å². The molecule has 94 valence electrons. The van der Waals surface area contributed by atoms with Crippen LogP contribution in [0.25, 0.3) is 0 Å². The lowest BCUT2D eigenvalue weighted by Gasteiger charge is -2.16. The average Bonchev–Trinajstić information content (AvgIpc) is 2.82. The number of rotatable bonds is 5. The zero-order valence-electron chi connectivity index (χ0n) is 10.9. The maximum Gasteiger partial charge on any atom is 0.120 e. The van der Waals surface area contributed by atoms with Gasteiger partial charge in [-0.2, -0.15) is 0 Å². The maximum atomic E-state index is 6.02. The second-order valence-electron chi connectivity index (χ2n) is 4.88. The van der Waals surface area contributed by atoms with Crippen molar-refractivity contribution in [3.8, 4) is 5.75 Å². The minimum Gasteiger partial charge on any atom is -0.490 e. The standard InChI is InChI=1S/C15H23NO/c1-3-16-12(2)13-7-6-10-15(11-13)17-14-8-4-5-9-14/h6-7,10-12,14,16H,3-5,8-9H2,1-2H3. The molecule has 1 aromatic rings. The van der Waals surface area contributed by atoms with E-state index in [1.165, 1.54) is 31.2 Å². The van der Waals surface area contributed by atoms with Crippen LogP contribution in [0.4, 0.5) is 0 Å². The zero-order chi connectivity index (χ0) is 12.1. The Morgan fingerprint density at radius 3 is 2.82 bits per heavy atom. The predicted molar refractivity (Wildman–Crippen MR) is 71.4 cm³/mol. The molecule has 17 heavy (non-hydrogen) atoms. The third-order valence-corrected chi connectivity index (χ3v) is 3.47. The number of hydrogen-bond donors (Lipinski definition) is 1. The minimum absolute atomic E-state index is 0.395. The van der Waals surface area contributed by atoms with Crippen molar-refractivity contribution in [3.63, 3.8) is 0 Å². The first-order valence-corrected chi connectivity index (χ1v) is 6.79. The zero-order valence-corrected chi connectivity index (χ0v) is 10.9. The molecule has 0 heterocycles. The molecule has 2 nitrogen and oxygen atoms in total. The quantitative estimate of drug-likeness (QED) is 0.837. The van der Waals surface area contributed by atoms with Crippen LogP contribution in [0.15, 0.2) is 24.3 Å². The first-order chi connectivity index (χ1) is 8.29. The number of hydrogen-bond acceptors (Lipinski definition) is 2. The molecule has 2 rings (SSSR count). The largest absolute Gasteiger partial charge is 0.490 e. The highest BCUT2D eigenvalue weighted by Crippen LogP contribution is 2.25. The predicted octanol–water partition coefficient (Wildman–Crippen LogP) is 3.68. The molecular formula is C15H23NO. The van der Waals surface area contributed by atoms with E-state index in [9.17, 15) is 0 Å². The highest BCUT2D eigenvalue weighted by molar-refractivity contribution is 5.30. The molecule has 0 aliphatic heterocycles. The molecule has 0 spiro atoms. The van der Waals surface area contributed by atoms with Crippen molar-refractivity contribution < 1.29 is 4.74 Å². The highest BCUT2D eigenvalue weighted by atomic mass is 16.5. The molecule has 0 aromatic heterocycles. The number of nitrogens with one attached hydrogen (secondary N) is 1. The number of ether oxygens (including phenoxy) is 1. The SMILES string of the molecule is CCNC(C)c1cccc(OC2CCCC2)c1. The van der Waals surface area contributed by atoms with Crippen molar-refractivity contribution in [2.45, 2.75) is 51.7 Å². The average molecular weight is 233 g/mol. The van der Waals surface area contributed by atoms with Crippen molar-refractivity contribution in [1.29, 1.82) is 0 Å². The van der Waals surface area contributed by atoms with E-state index in [1.807, 2.05) is 0 Å². The van der Waals surface area contributed by atoms with Gasteiger partial charge in [-0.1, -0.05) is 19.1 Å². The van der Waals surface area contributed by atoms with Gasteiger partial charge in [-0.25, -0.2) is 0 Å². The maximum absolute atomic E-state index is 6.02. The van der Waals surface area contributed by atoms with E-state index >= 15 is 0 Å². The van der Waals surface area contributed by atoms with Crippen LogP contribution >= 0.6 is 0 Å². The second-order valence-corrected chi connectivity index (χ2v) is 4.88. The second kappa shape index (κ2) is 6.06. The summed E-state index contributed by atoms with van der Waals surface area (Å²) in [5, 5.41) is 3.43. The van der Waals surface area contributed by atoms with Crippen molar-refractivity contribution >= 4 is 0 Å². The van der Waals surface area contributed by atoms with Crippen molar-refractivity contribution in [3.05, 3.63) is 29.8 Å². The van der Waals surface area contributed by atoms with E-state index in [0.29, 0.717) is 12.1 Å². The monoisotopic (exact) mass is 233 g/mol. The molecule has 2 heteroatoms. The van der Waals surface area contributed by atoms with E-state index in [4.69, 9.17) is 4.74 Å². The third kappa shape index (κ3) is 3.47. The molecule has 0 bridgehead atoms. The van der Waals surface area contributed by atoms with Gasteiger partial charge < -0.3 is 10.1 Å². The topological polar surface area (TPSA) is 21.3 Å². The fourth-order valence-corrected chi connectivity index (χ4v) is 2.48. The van der Waals surface area contributed by atoms with Crippen LogP contribution in [0.3, 0.4) is 0 Å². The fraction of sp³-hybridized carbons (Fsp3) is 0.600. The summed E-state index contributed by atoms with van der Waals surface area (Å²) in [4.78, 5) is 0. The molecule has 0 radical (unpaired) electrons. The van der Waals surface area contributed by atoms with Crippen LogP contribution in [0.5, 0.6) is 5.75 Å². The fourth-order valence-electron chi connectivity index (χ4n) is 2.48. The molecule has 1 unspecified atom stereocenters. The molecule has 0 amide bonds. The summed E-state index contributed by atoms with van der Waals surface area (Å²) in [5.41, 5.74) is 1.31. The number of benzene rings is 1. The van der Waals surface area contributed by atoms with Gasteiger partial charge in [0.25, 0.3) is 0 Å². The summed E-state index contributed by atoms with van der Waals surface area (Å²) >= 11 is 0. The van der Waals surface area contributed by atoms with Gasteiger partial charge in [0.1, 0.15) is 5.75 Å². The molecular weight excluding hydrogens is 210 g/mol. The van der Waals surface area contributed by atoms with Crippen molar-refractivity contribution in [2.24, 2.45) is 0 Å². The summed E-state index contributed by atoms with van der Waals surface area (Å²) in [6.45, 7) is 5.32. The normalized spacial score (nSPS) is 18.2. The Morgan fingerprint density at radius 2 is 2.12 bits per heavy atom. The van der Waals surface area contributed by atoms with E-state index in [0.717, 1.165) is 12.3 Å². The Balaban J connectivity index is 2.00. The molecule has 1 saturated carbocycles. The van der Waals surface area contributed by atoms with Gasteiger partial charge in [-0.15, -0.1) is 0 Å². The van der Waals surface area contributed by atoms with Gasteiger partial charge in [0.15, 0.2) is 0 Å². The first-order valence-electron chi connectivity index (χ1n) is 6.79. The summed E-state index contributed by atoms with van der Waals surface area (Å²) < 4.78 is 6.02. The van der Waals surface area contributed by atoms with Gasteiger partial charge in [0, 0.05) is 6.04 Å². The molecule has 0 saturated heterocycles. The molecule has 1 N–H and O–H groups in total. The van der Waals surface area contributed by atoms with E-state index in [1.54, 1.807) is 0 Å². The van der Waals surface area contributed by atoms with Crippen LogP contribution < -0.4 is 10.1 Å². The highest BCUT2D eigenvalue weighted by Gasteiger charge is 2.16. The van der Waals surface area contributed by atoms with Gasteiger partial charge >= 0.3 is 0 Å². The summed E-state index contributed by atoms with van der Waals surface area (Å²) in [6, 6.07) is 8.89. The summed E-state index contributed by atoms with van der Waals surface area (Å²) in [6.07, 6.45) is 5.51. The molecule has 1 aliphatic rings. The van der Waals surface area contributed by atoms with E-state index in [2.05, 4.69) is 43.4 Å². The van der Waals surface area contributed by atoms with Gasteiger partial charge in [0.2, 0.25) is 0 Å². The summed E-state index contributed by atoms with van der Waals surface area (Å²) in [7, 11) is 0. The molecule has 1 atom stereocenters. The van der Waals surface area contributed by atoms with Crippen molar-refractivity contribution in [2.75, 3.05) is 6.54 Å². The summed E-state index contributed by atoms with van der Waals surface area (Å²) in [5.74, 6) is 1.03. The van der Waals surface area contributed by atoms with Crippen LogP contribution in [0, 0.1) is 0 Å². The smallest absolute Gasteiger partial charge is 0.120 e. The minimum atomic E-state index is 0.395. The van der Waals surface area contributed by atoms with E-state index < -0.39 is 0 Å². The van der Waals surface area contributed by atoms with Gasteiger partial charge in [-0.3, -0.25) is 0 Å². The first kappa shape index (κ1) is 12.4. The lowest BCUT2D eigenvalue weighted by Crippen LogP contribution is -2.18.